The fourth-order valence-electron chi connectivity index (χ4n) is 2.16. The summed E-state index contributed by atoms with van der Waals surface area (Å²) in [6.07, 6.45) is -0.742. The minimum Gasteiger partial charge on any atom is -0.480 e. The predicted molar refractivity (Wildman–Crippen MR) is 95.3 cm³/mol. The Morgan fingerprint density at radius 1 is 1.36 bits per heavy atom. The topological polar surface area (TPSA) is 93.5 Å². The molecule has 0 radical (unpaired) electrons. The molecule has 2 rings (SSSR count). The van der Waals surface area contributed by atoms with Crippen LogP contribution in [-0.4, -0.2) is 38.7 Å². The molecule has 1 atom stereocenters. The molecule has 2 N–H and O–H groups in total. The molecule has 2 aromatic rings. The number of thioether (sulfide) groups is 1. The highest BCUT2D eigenvalue weighted by molar-refractivity contribution is 7.98. The van der Waals surface area contributed by atoms with Crippen molar-refractivity contribution in [1.29, 1.82) is 0 Å². The van der Waals surface area contributed by atoms with Gasteiger partial charge in [0.25, 0.3) is 0 Å². The molecule has 1 heterocycles. The SMILES string of the molecule is Cc1cc(CSCC(NC(=O)OCc2ccccc2)C(=O)O)n(C)n1. The Morgan fingerprint density at radius 2 is 2.08 bits per heavy atom. The maximum atomic E-state index is 11.8. The van der Waals surface area contributed by atoms with Crippen molar-refractivity contribution in [2.24, 2.45) is 7.05 Å². The molecular formula is C17H21N3O4S. The van der Waals surface area contributed by atoms with Crippen LogP contribution in [0.1, 0.15) is 17.0 Å². The third-order valence-corrected chi connectivity index (χ3v) is 4.51. The summed E-state index contributed by atoms with van der Waals surface area (Å²) in [5.41, 5.74) is 2.75. The molecular weight excluding hydrogens is 342 g/mol. The second kappa shape index (κ2) is 9.12. The van der Waals surface area contributed by atoms with E-state index >= 15 is 0 Å². The molecule has 8 heteroatoms. The summed E-state index contributed by atoms with van der Waals surface area (Å²) < 4.78 is 6.82. The number of carbonyl (C=O) groups is 2. The van der Waals surface area contributed by atoms with Crippen molar-refractivity contribution in [3.8, 4) is 0 Å². The molecule has 1 unspecified atom stereocenters. The number of benzene rings is 1. The van der Waals surface area contributed by atoms with Gasteiger partial charge in [-0.25, -0.2) is 9.59 Å². The number of amides is 1. The average Bonchev–Trinajstić information content (AvgIpc) is 2.90. The molecule has 1 amide bonds. The van der Waals surface area contributed by atoms with Gasteiger partial charge in [-0.05, 0) is 18.6 Å². The average molecular weight is 363 g/mol. The number of aryl methyl sites for hydroxylation is 2. The molecule has 1 aromatic heterocycles. The van der Waals surface area contributed by atoms with Crippen molar-refractivity contribution in [2.75, 3.05) is 5.75 Å². The number of carboxylic acids is 1. The zero-order valence-corrected chi connectivity index (χ0v) is 15.0. The smallest absolute Gasteiger partial charge is 0.408 e. The summed E-state index contributed by atoms with van der Waals surface area (Å²) in [6, 6.07) is 10.1. The minimum atomic E-state index is -1.09. The largest absolute Gasteiger partial charge is 0.480 e. The molecule has 0 aliphatic rings. The summed E-state index contributed by atoms with van der Waals surface area (Å²) in [4.78, 5) is 23.1. The lowest BCUT2D eigenvalue weighted by molar-refractivity contribution is -0.138. The molecule has 25 heavy (non-hydrogen) atoms. The van der Waals surface area contributed by atoms with E-state index in [1.165, 1.54) is 11.8 Å². The van der Waals surface area contributed by atoms with Crippen LogP contribution in [0.4, 0.5) is 4.79 Å². The third-order valence-electron chi connectivity index (χ3n) is 3.44. The Bertz CT molecular complexity index is 718. The highest BCUT2D eigenvalue weighted by Crippen LogP contribution is 2.14. The lowest BCUT2D eigenvalue weighted by Crippen LogP contribution is -2.42. The van der Waals surface area contributed by atoms with Gasteiger partial charge in [0, 0.05) is 24.2 Å². The van der Waals surface area contributed by atoms with Crippen LogP contribution in [0, 0.1) is 6.92 Å². The molecule has 0 aliphatic heterocycles. The molecule has 134 valence electrons. The molecule has 0 bridgehead atoms. The summed E-state index contributed by atoms with van der Waals surface area (Å²) in [6.45, 7) is 2.00. The molecule has 0 aliphatic carbocycles. The van der Waals surface area contributed by atoms with Crippen LogP contribution >= 0.6 is 11.8 Å². The van der Waals surface area contributed by atoms with Crippen molar-refractivity contribution in [2.45, 2.75) is 25.3 Å². The Kier molecular flexibility index (Phi) is 6.88. The van der Waals surface area contributed by atoms with Gasteiger partial charge in [0.15, 0.2) is 0 Å². The van der Waals surface area contributed by atoms with Crippen LogP contribution in [0.2, 0.25) is 0 Å². The number of nitrogens with zero attached hydrogens (tertiary/aromatic N) is 2. The fraction of sp³-hybridized carbons (Fsp3) is 0.353. The van der Waals surface area contributed by atoms with E-state index in [-0.39, 0.29) is 12.4 Å². The Morgan fingerprint density at radius 3 is 2.68 bits per heavy atom. The molecule has 7 nitrogen and oxygen atoms in total. The van der Waals surface area contributed by atoms with Crippen molar-refractivity contribution in [3.63, 3.8) is 0 Å². The number of rotatable bonds is 8. The van der Waals surface area contributed by atoms with Gasteiger partial charge >= 0.3 is 12.1 Å². The first kappa shape index (κ1) is 18.9. The highest BCUT2D eigenvalue weighted by atomic mass is 32.2. The van der Waals surface area contributed by atoms with Gasteiger partial charge in [0.1, 0.15) is 12.6 Å². The fourth-order valence-corrected chi connectivity index (χ4v) is 3.22. The van der Waals surface area contributed by atoms with E-state index in [1.807, 2.05) is 50.4 Å². The number of hydrogen-bond acceptors (Lipinski definition) is 5. The van der Waals surface area contributed by atoms with Gasteiger partial charge in [0.05, 0.1) is 5.69 Å². The molecule has 0 saturated heterocycles. The first-order chi connectivity index (χ1) is 12.0. The van der Waals surface area contributed by atoms with E-state index in [9.17, 15) is 14.7 Å². The van der Waals surface area contributed by atoms with E-state index in [0.29, 0.717) is 5.75 Å². The van der Waals surface area contributed by atoms with Gasteiger partial charge in [-0.3, -0.25) is 4.68 Å². The van der Waals surface area contributed by atoms with E-state index < -0.39 is 18.1 Å². The number of carboxylic acid groups (broad SMARTS) is 1. The number of hydrogen-bond donors (Lipinski definition) is 2. The minimum absolute atomic E-state index is 0.0977. The van der Waals surface area contributed by atoms with Crippen LogP contribution < -0.4 is 5.32 Å². The van der Waals surface area contributed by atoms with E-state index in [2.05, 4.69) is 10.4 Å². The quantitative estimate of drug-likeness (QED) is 0.748. The first-order valence-electron chi connectivity index (χ1n) is 7.73. The van der Waals surface area contributed by atoms with Crippen molar-refractivity contribution in [1.82, 2.24) is 15.1 Å². The number of aliphatic carboxylic acids is 1. The van der Waals surface area contributed by atoms with Crippen molar-refractivity contribution >= 4 is 23.8 Å². The van der Waals surface area contributed by atoms with E-state index in [1.54, 1.807) is 4.68 Å². The normalized spacial score (nSPS) is 11.8. The van der Waals surface area contributed by atoms with Crippen LogP contribution in [0.25, 0.3) is 0 Å². The number of ether oxygens (including phenoxy) is 1. The number of alkyl carbamates (subject to hydrolysis) is 1. The second-order valence-electron chi connectivity index (χ2n) is 5.51. The van der Waals surface area contributed by atoms with Gasteiger partial charge in [-0.2, -0.15) is 16.9 Å². The zero-order valence-electron chi connectivity index (χ0n) is 14.1. The summed E-state index contributed by atoms with van der Waals surface area (Å²) in [5.74, 6) is -0.243. The van der Waals surface area contributed by atoms with E-state index in [0.717, 1.165) is 17.0 Å². The lowest BCUT2D eigenvalue weighted by atomic mass is 10.2. The third kappa shape index (κ3) is 6.15. The predicted octanol–water partition coefficient (Wildman–Crippen LogP) is 2.34. The summed E-state index contributed by atoms with van der Waals surface area (Å²) in [7, 11) is 1.84. The maximum Gasteiger partial charge on any atom is 0.408 e. The van der Waals surface area contributed by atoms with Gasteiger partial charge in [-0.1, -0.05) is 30.3 Å². The summed E-state index contributed by atoms with van der Waals surface area (Å²) >= 11 is 1.41. The lowest BCUT2D eigenvalue weighted by Gasteiger charge is -2.14. The van der Waals surface area contributed by atoms with E-state index in [4.69, 9.17) is 4.74 Å². The van der Waals surface area contributed by atoms with Crippen LogP contribution in [-0.2, 0) is 28.9 Å². The van der Waals surface area contributed by atoms with Gasteiger partial charge in [0.2, 0.25) is 0 Å². The standard InChI is InChI=1S/C17H21N3O4S/c1-12-8-14(20(2)19-12)10-25-11-15(16(21)22)18-17(23)24-9-13-6-4-3-5-7-13/h3-8,15H,9-11H2,1-2H3,(H,18,23)(H,21,22). The van der Waals surface area contributed by atoms with Crippen molar-refractivity contribution < 1.29 is 19.4 Å². The highest BCUT2D eigenvalue weighted by Gasteiger charge is 2.21. The van der Waals surface area contributed by atoms with Crippen molar-refractivity contribution in [3.05, 3.63) is 53.3 Å². The second-order valence-corrected chi connectivity index (χ2v) is 6.54. The first-order valence-corrected chi connectivity index (χ1v) is 8.88. The van der Waals surface area contributed by atoms with Gasteiger partial charge in [-0.15, -0.1) is 0 Å². The van der Waals surface area contributed by atoms with Crippen LogP contribution in [0.5, 0.6) is 0 Å². The Hall–Kier alpha value is -2.48. The van der Waals surface area contributed by atoms with Crippen LogP contribution in [0.3, 0.4) is 0 Å². The Balaban J connectivity index is 1.78. The summed E-state index contributed by atoms with van der Waals surface area (Å²) in [5, 5.41) is 15.9. The monoisotopic (exact) mass is 363 g/mol. The number of carbonyl (C=O) groups excluding carboxylic acids is 1. The van der Waals surface area contributed by atoms with Gasteiger partial charge < -0.3 is 15.2 Å². The zero-order chi connectivity index (χ0) is 18.2. The molecule has 0 saturated carbocycles. The molecule has 0 fully saturated rings. The number of aromatic nitrogens is 2. The number of nitrogens with one attached hydrogen (secondary N) is 1. The molecule has 1 aromatic carbocycles. The molecule has 0 spiro atoms. The maximum absolute atomic E-state index is 11.8. The van der Waals surface area contributed by atoms with Crippen LogP contribution in [0.15, 0.2) is 36.4 Å². The Labute approximate surface area is 150 Å².